The molecule has 7 heavy (non-hydrogen) atoms. The monoisotopic (exact) mass is 106 g/mol. The molecule has 3 heteroatoms. The molecule has 0 amide bonds. The summed E-state index contributed by atoms with van der Waals surface area (Å²) in [7, 11) is 0. The molecule has 46 valence electrons. The third-order valence-corrected chi connectivity index (χ3v) is 0.500. The summed E-state index contributed by atoms with van der Waals surface area (Å²) in [5.74, 6) is 0. The van der Waals surface area contributed by atoms with Crippen molar-refractivity contribution in [2.75, 3.05) is 6.54 Å². The van der Waals surface area contributed by atoms with Gasteiger partial charge in [-0.2, -0.15) is 0 Å². The van der Waals surface area contributed by atoms with Gasteiger partial charge in [0.2, 0.25) is 0 Å². The Morgan fingerprint density at radius 1 is 1.57 bits per heavy atom. The third kappa shape index (κ3) is 10.7. The highest BCUT2D eigenvalue weighted by Gasteiger charge is 2.06. The first kappa shape index (κ1) is 9.99. The van der Waals surface area contributed by atoms with E-state index in [1.54, 1.807) is 13.8 Å². The van der Waals surface area contributed by atoms with E-state index in [2.05, 4.69) is 0 Å². The molecule has 0 radical (unpaired) electrons. The number of nitrogens with two attached hydrogens (primary N) is 1. The van der Waals surface area contributed by atoms with Crippen LogP contribution >= 0.6 is 0 Å². The van der Waals surface area contributed by atoms with Gasteiger partial charge in [0.05, 0.1) is 5.60 Å². The molecule has 0 unspecified atom stereocenters. The second kappa shape index (κ2) is 2.96. The minimum absolute atomic E-state index is 0. The fraction of sp³-hybridized carbons (Fsp3) is 1.00. The SMILES string of the molecule is CC(C)(O)CN.N. The zero-order valence-electron chi connectivity index (χ0n) is 4.94. The lowest BCUT2D eigenvalue weighted by molar-refractivity contribution is 0.0898. The van der Waals surface area contributed by atoms with Crippen LogP contribution in [0.15, 0.2) is 0 Å². The summed E-state index contributed by atoms with van der Waals surface area (Å²) in [6, 6.07) is 0. The molecule has 0 saturated carbocycles. The van der Waals surface area contributed by atoms with Crippen LogP contribution in [-0.4, -0.2) is 17.3 Å². The van der Waals surface area contributed by atoms with Crippen LogP contribution in [0.5, 0.6) is 0 Å². The van der Waals surface area contributed by atoms with Crippen LogP contribution in [0.4, 0.5) is 0 Å². The Kier molecular flexibility index (Phi) is 4.22. The molecule has 0 spiro atoms. The molecule has 0 saturated heterocycles. The van der Waals surface area contributed by atoms with Gasteiger partial charge in [0, 0.05) is 6.54 Å². The predicted octanol–water partition coefficient (Wildman–Crippen LogP) is -0.122. The fourth-order valence-electron chi connectivity index (χ4n) is 0. The van der Waals surface area contributed by atoms with Crippen molar-refractivity contribution in [1.82, 2.24) is 6.15 Å². The van der Waals surface area contributed by atoms with E-state index in [1.807, 2.05) is 0 Å². The minimum atomic E-state index is -0.681. The average Bonchev–Trinajstić information content (AvgIpc) is 1.35. The largest absolute Gasteiger partial charge is 0.389 e. The molecule has 0 aliphatic rings. The zero-order chi connectivity index (χ0) is 5.21. The molecule has 0 atom stereocenters. The van der Waals surface area contributed by atoms with Crippen molar-refractivity contribution in [1.29, 1.82) is 0 Å². The van der Waals surface area contributed by atoms with E-state index in [9.17, 15) is 0 Å². The van der Waals surface area contributed by atoms with Gasteiger partial charge >= 0.3 is 0 Å². The second-order valence-electron chi connectivity index (χ2n) is 2.02. The van der Waals surface area contributed by atoms with Gasteiger partial charge in [-0.25, -0.2) is 0 Å². The molecular formula is C4H14N2O. The van der Waals surface area contributed by atoms with E-state index in [1.165, 1.54) is 0 Å². The molecule has 0 aromatic rings. The van der Waals surface area contributed by atoms with Gasteiger partial charge in [-0.15, -0.1) is 0 Å². The maximum absolute atomic E-state index is 8.70. The highest BCUT2D eigenvalue weighted by atomic mass is 16.3. The molecule has 0 aliphatic heterocycles. The number of hydrogen-bond donors (Lipinski definition) is 3. The minimum Gasteiger partial charge on any atom is -0.389 e. The molecule has 0 aromatic heterocycles. The smallest absolute Gasteiger partial charge is 0.0713 e. The number of aliphatic hydroxyl groups is 1. The number of rotatable bonds is 1. The molecule has 0 rings (SSSR count). The predicted molar refractivity (Wildman–Crippen MR) is 30.4 cm³/mol. The summed E-state index contributed by atoms with van der Waals surface area (Å²) >= 11 is 0. The quantitative estimate of drug-likeness (QED) is 0.436. The summed E-state index contributed by atoms with van der Waals surface area (Å²) in [5.41, 5.74) is 4.38. The van der Waals surface area contributed by atoms with Crippen molar-refractivity contribution in [3.05, 3.63) is 0 Å². The Balaban J connectivity index is 0. The summed E-state index contributed by atoms with van der Waals surface area (Å²) in [5, 5.41) is 8.70. The Morgan fingerprint density at radius 3 is 1.71 bits per heavy atom. The van der Waals surface area contributed by atoms with Gasteiger partial charge in [-0.1, -0.05) is 0 Å². The van der Waals surface area contributed by atoms with Crippen LogP contribution in [0.2, 0.25) is 0 Å². The van der Waals surface area contributed by atoms with Gasteiger partial charge in [0.25, 0.3) is 0 Å². The van der Waals surface area contributed by atoms with Crippen molar-refractivity contribution in [3.8, 4) is 0 Å². The Bertz CT molecular complexity index is 39.4. The van der Waals surface area contributed by atoms with Crippen molar-refractivity contribution in [3.63, 3.8) is 0 Å². The van der Waals surface area contributed by atoms with E-state index < -0.39 is 5.60 Å². The Labute approximate surface area is 44.1 Å². The van der Waals surface area contributed by atoms with Gasteiger partial charge in [-0.05, 0) is 13.8 Å². The maximum atomic E-state index is 8.70. The van der Waals surface area contributed by atoms with Crippen molar-refractivity contribution < 1.29 is 5.11 Å². The molecule has 0 aromatic carbocycles. The molecular weight excluding hydrogens is 92.1 g/mol. The van der Waals surface area contributed by atoms with E-state index in [0.717, 1.165) is 0 Å². The van der Waals surface area contributed by atoms with E-state index >= 15 is 0 Å². The fourth-order valence-corrected chi connectivity index (χ4v) is 0. The van der Waals surface area contributed by atoms with E-state index in [4.69, 9.17) is 10.8 Å². The first-order valence-corrected chi connectivity index (χ1v) is 1.99. The van der Waals surface area contributed by atoms with Crippen LogP contribution in [0.3, 0.4) is 0 Å². The van der Waals surface area contributed by atoms with Crippen molar-refractivity contribution >= 4 is 0 Å². The summed E-state index contributed by atoms with van der Waals surface area (Å²) in [6.07, 6.45) is 0. The van der Waals surface area contributed by atoms with E-state index in [-0.39, 0.29) is 6.15 Å². The van der Waals surface area contributed by atoms with Gasteiger partial charge in [0.1, 0.15) is 0 Å². The van der Waals surface area contributed by atoms with Crippen LogP contribution < -0.4 is 11.9 Å². The summed E-state index contributed by atoms with van der Waals surface area (Å²) < 4.78 is 0. The third-order valence-electron chi connectivity index (χ3n) is 0.500. The van der Waals surface area contributed by atoms with Crippen LogP contribution in [0, 0.1) is 0 Å². The maximum Gasteiger partial charge on any atom is 0.0713 e. The summed E-state index contributed by atoms with van der Waals surface area (Å²) in [6.45, 7) is 3.67. The lowest BCUT2D eigenvalue weighted by atomic mass is 10.1. The van der Waals surface area contributed by atoms with Gasteiger partial charge in [0.15, 0.2) is 0 Å². The Hall–Kier alpha value is -0.120. The lowest BCUT2D eigenvalue weighted by Gasteiger charge is -2.11. The van der Waals surface area contributed by atoms with Gasteiger partial charge < -0.3 is 17.0 Å². The topological polar surface area (TPSA) is 81.2 Å². The van der Waals surface area contributed by atoms with Gasteiger partial charge in [-0.3, -0.25) is 0 Å². The molecule has 0 fully saturated rings. The molecule has 0 heterocycles. The average molecular weight is 106 g/mol. The standard InChI is InChI=1S/C4H11NO.H3N/c1-4(2,6)3-5;/h6H,3,5H2,1-2H3;1H3. The normalized spacial score (nSPS) is 10.3. The Morgan fingerprint density at radius 2 is 1.71 bits per heavy atom. The van der Waals surface area contributed by atoms with Crippen LogP contribution in [0.1, 0.15) is 13.8 Å². The van der Waals surface area contributed by atoms with E-state index in [0.29, 0.717) is 6.54 Å². The molecule has 0 aliphatic carbocycles. The van der Waals surface area contributed by atoms with Crippen molar-refractivity contribution in [2.45, 2.75) is 19.4 Å². The lowest BCUT2D eigenvalue weighted by Crippen LogP contribution is -2.29. The van der Waals surface area contributed by atoms with Crippen LogP contribution in [-0.2, 0) is 0 Å². The molecule has 6 N–H and O–H groups in total. The second-order valence-corrected chi connectivity index (χ2v) is 2.02. The summed E-state index contributed by atoms with van der Waals surface area (Å²) in [4.78, 5) is 0. The number of hydrogen-bond acceptors (Lipinski definition) is 3. The highest BCUT2D eigenvalue weighted by Crippen LogP contribution is 1.93. The molecule has 0 bridgehead atoms. The van der Waals surface area contributed by atoms with Crippen molar-refractivity contribution in [2.24, 2.45) is 5.73 Å². The highest BCUT2D eigenvalue weighted by molar-refractivity contribution is 4.63. The van der Waals surface area contributed by atoms with Crippen LogP contribution in [0.25, 0.3) is 0 Å². The zero-order valence-corrected chi connectivity index (χ0v) is 4.94. The first-order chi connectivity index (χ1) is 2.56. The molecule has 3 nitrogen and oxygen atoms in total. The first-order valence-electron chi connectivity index (χ1n) is 1.99.